The minimum Gasteiger partial charge on any atom is -0.372 e. The Morgan fingerprint density at radius 1 is 1.03 bits per heavy atom. The van der Waals surface area contributed by atoms with E-state index in [1.807, 2.05) is 30.7 Å². The molecule has 1 atom stereocenters. The van der Waals surface area contributed by atoms with Crippen molar-refractivity contribution in [2.24, 2.45) is 7.05 Å². The molecule has 8 heteroatoms. The Bertz CT molecular complexity index is 1070. The van der Waals surface area contributed by atoms with Gasteiger partial charge in [-0.15, -0.1) is 10.2 Å². The number of Topliss-reactive ketones (excluding diaryl/α,β-unsaturated/α-hetero) is 1. The van der Waals surface area contributed by atoms with Crippen molar-refractivity contribution in [1.29, 1.82) is 0 Å². The number of anilines is 2. The standard InChI is InChI=1S/C24H29N5O2S/c1-6-29(7-2)21-14-10-19(11-15-21)22-26-27-24(28(22)5)32-17(4)23(31)25-20-12-8-18(9-13-20)16(3)30/h8-15,17H,6-7H2,1-5H3,(H,25,31). The number of ketones is 1. The van der Waals surface area contributed by atoms with Gasteiger partial charge in [0.25, 0.3) is 0 Å². The first-order valence-corrected chi connectivity index (χ1v) is 11.5. The summed E-state index contributed by atoms with van der Waals surface area (Å²) >= 11 is 1.35. The van der Waals surface area contributed by atoms with Gasteiger partial charge in [-0.25, -0.2) is 0 Å². The number of aromatic nitrogens is 3. The van der Waals surface area contributed by atoms with Gasteiger partial charge in [0.15, 0.2) is 16.8 Å². The van der Waals surface area contributed by atoms with E-state index in [4.69, 9.17) is 0 Å². The molecular formula is C24H29N5O2S. The molecule has 168 valence electrons. The fraction of sp³-hybridized carbons (Fsp3) is 0.333. The molecule has 7 nitrogen and oxygen atoms in total. The normalized spacial score (nSPS) is 11.8. The summed E-state index contributed by atoms with van der Waals surface area (Å²) in [6.07, 6.45) is 0. The zero-order valence-electron chi connectivity index (χ0n) is 19.1. The van der Waals surface area contributed by atoms with Crippen LogP contribution in [0.5, 0.6) is 0 Å². The predicted octanol–water partition coefficient (Wildman–Crippen LogP) is 4.65. The first-order valence-electron chi connectivity index (χ1n) is 10.7. The molecule has 3 rings (SSSR count). The average molecular weight is 452 g/mol. The smallest absolute Gasteiger partial charge is 0.237 e. The highest BCUT2D eigenvalue weighted by Crippen LogP contribution is 2.27. The molecule has 0 aliphatic rings. The van der Waals surface area contributed by atoms with E-state index < -0.39 is 0 Å². The Kier molecular flexibility index (Phi) is 7.69. The van der Waals surface area contributed by atoms with E-state index in [9.17, 15) is 9.59 Å². The molecule has 1 aromatic heterocycles. The summed E-state index contributed by atoms with van der Waals surface area (Å²) < 4.78 is 1.91. The molecular weight excluding hydrogens is 422 g/mol. The van der Waals surface area contributed by atoms with Gasteiger partial charge in [-0.3, -0.25) is 9.59 Å². The number of hydrogen-bond acceptors (Lipinski definition) is 6. The lowest BCUT2D eigenvalue weighted by Crippen LogP contribution is -2.22. The molecule has 0 aliphatic heterocycles. The topological polar surface area (TPSA) is 80.1 Å². The zero-order chi connectivity index (χ0) is 23.3. The third-order valence-corrected chi connectivity index (χ3v) is 6.43. The Labute approximate surface area is 193 Å². The van der Waals surface area contributed by atoms with Crippen molar-refractivity contribution < 1.29 is 9.59 Å². The van der Waals surface area contributed by atoms with Crippen LogP contribution in [0.3, 0.4) is 0 Å². The van der Waals surface area contributed by atoms with Crippen LogP contribution < -0.4 is 10.2 Å². The molecule has 0 radical (unpaired) electrons. The second-order valence-electron chi connectivity index (χ2n) is 7.47. The maximum Gasteiger partial charge on any atom is 0.237 e. The van der Waals surface area contributed by atoms with Gasteiger partial charge in [0, 0.05) is 42.6 Å². The summed E-state index contributed by atoms with van der Waals surface area (Å²) in [6.45, 7) is 9.55. The molecule has 0 saturated carbocycles. The number of rotatable bonds is 9. The summed E-state index contributed by atoms with van der Waals surface area (Å²) in [5, 5.41) is 11.8. The van der Waals surface area contributed by atoms with Crippen LogP contribution in [0, 0.1) is 0 Å². The molecule has 1 heterocycles. The molecule has 32 heavy (non-hydrogen) atoms. The first-order chi connectivity index (χ1) is 15.3. The lowest BCUT2D eigenvalue weighted by atomic mass is 10.1. The van der Waals surface area contributed by atoms with Gasteiger partial charge in [0.1, 0.15) is 0 Å². The largest absolute Gasteiger partial charge is 0.372 e. The molecule has 0 bridgehead atoms. The lowest BCUT2D eigenvalue weighted by Gasteiger charge is -2.21. The van der Waals surface area contributed by atoms with Crippen LogP contribution in [0.15, 0.2) is 53.7 Å². The number of amides is 1. The van der Waals surface area contributed by atoms with Crippen LogP contribution in [0.2, 0.25) is 0 Å². The zero-order valence-corrected chi connectivity index (χ0v) is 19.9. The number of hydrogen-bond donors (Lipinski definition) is 1. The van der Waals surface area contributed by atoms with E-state index in [0.717, 1.165) is 24.5 Å². The number of nitrogens with one attached hydrogen (secondary N) is 1. The maximum atomic E-state index is 12.6. The molecule has 0 aliphatic carbocycles. The first kappa shape index (κ1) is 23.5. The Hall–Kier alpha value is -3.13. The molecule has 0 fully saturated rings. The van der Waals surface area contributed by atoms with E-state index in [1.54, 1.807) is 24.3 Å². The highest BCUT2D eigenvalue weighted by molar-refractivity contribution is 8.00. The Morgan fingerprint density at radius 2 is 1.66 bits per heavy atom. The summed E-state index contributed by atoms with van der Waals surface area (Å²) in [4.78, 5) is 26.3. The van der Waals surface area contributed by atoms with Crippen molar-refractivity contribution in [1.82, 2.24) is 14.8 Å². The lowest BCUT2D eigenvalue weighted by molar-refractivity contribution is -0.115. The van der Waals surface area contributed by atoms with Gasteiger partial charge in [-0.05, 0) is 76.2 Å². The molecule has 1 amide bonds. The Balaban J connectivity index is 1.67. The van der Waals surface area contributed by atoms with E-state index in [0.29, 0.717) is 16.4 Å². The third kappa shape index (κ3) is 5.37. The van der Waals surface area contributed by atoms with Crippen molar-refractivity contribution in [2.75, 3.05) is 23.3 Å². The predicted molar refractivity (Wildman–Crippen MR) is 130 cm³/mol. The van der Waals surface area contributed by atoms with Gasteiger partial charge >= 0.3 is 0 Å². The second kappa shape index (κ2) is 10.5. The van der Waals surface area contributed by atoms with Crippen molar-refractivity contribution in [3.63, 3.8) is 0 Å². The number of thioether (sulfide) groups is 1. The second-order valence-corrected chi connectivity index (χ2v) is 8.78. The summed E-state index contributed by atoms with van der Waals surface area (Å²) in [5.74, 6) is 0.609. The molecule has 3 aromatic rings. The SMILES string of the molecule is CCN(CC)c1ccc(-c2nnc(SC(C)C(=O)Nc3ccc(C(C)=O)cc3)n2C)cc1. The van der Waals surface area contributed by atoms with Crippen LogP contribution in [0.1, 0.15) is 38.1 Å². The number of nitrogens with zero attached hydrogens (tertiary/aromatic N) is 4. The molecule has 0 saturated heterocycles. The van der Waals surface area contributed by atoms with E-state index >= 15 is 0 Å². The van der Waals surface area contributed by atoms with Crippen molar-refractivity contribution in [3.8, 4) is 11.4 Å². The number of carbonyl (C=O) groups excluding carboxylic acids is 2. The number of benzene rings is 2. The quantitative estimate of drug-likeness (QED) is 0.377. The highest BCUT2D eigenvalue weighted by Gasteiger charge is 2.20. The molecule has 2 aromatic carbocycles. The summed E-state index contributed by atoms with van der Waals surface area (Å²) in [6, 6.07) is 15.2. The minimum absolute atomic E-state index is 0.00687. The number of carbonyl (C=O) groups is 2. The van der Waals surface area contributed by atoms with Gasteiger partial charge < -0.3 is 14.8 Å². The molecule has 1 N–H and O–H groups in total. The van der Waals surface area contributed by atoms with Gasteiger partial charge in [0.2, 0.25) is 5.91 Å². The summed E-state index contributed by atoms with van der Waals surface area (Å²) in [7, 11) is 1.90. The fourth-order valence-electron chi connectivity index (χ4n) is 3.32. The van der Waals surface area contributed by atoms with Gasteiger partial charge in [-0.2, -0.15) is 0 Å². The average Bonchev–Trinajstić information content (AvgIpc) is 3.15. The van der Waals surface area contributed by atoms with Gasteiger partial charge in [0.05, 0.1) is 5.25 Å². The Morgan fingerprint density at radius 3 is 2.22 bits per heavy atom. The summed E-state index contributed by atoms with van der Waals surface area (Å²) in [5.41, 5.74) is 3.42. The highest BCUT2D eigenvalue weighted by atomic mass is 32.2. The van der Waals surface area contributed by atoms with Crippen LogP contribution in [-0.4, -0.2) is 44.8 Å². The fourth-order valence-corrected chi connectivity index (χ4v) is 4.14. The van der Waals surface area contributed by atoms with E-state index in [-0.39, 0.29) is 16.9 Å². The van der Waals surface area contributed by atoms with E-state index in [2.05, 4.69) is 46.4 Å². The molecule has 0 spiro atoms. The maximum absolute atomic E-state index is 12.6. The van der Waals surface area contributed by atoms with Crippen LogP contribution in [0.25, 0.3) is 11.4 Å². The van der Waals surface area contributed by atoms with Crippen LogP contribution in [0.4, 0.5) is 11.4 Å². The van der Waals surface area contributed by atoms with Crippen LogP contribution in [-0.2, 0) is 11.8 Å². The van der Waals surface area contributed by atoms with Crippen LogP contribution >= 0.6 is 11.8 Å². The molecule has 1 unspecified atom stereocenters. The monoisotopic (exact) mass is 451 g/mol. The minimum atomic E-state index is -0.372. The van der Waals surface area contributed by atoms with Crippen molar-refractivity contribution in [3.05, 3.63) is 54.1 Å². The van der Waals surface area contributed by atoms with E-state index in [1.165, 1.54) is 24.4 Å². The van der Waals surface area contributed by atoms with Gasteiger partial charge in [-0.1, -0.05) is 11.8 Å². The third-order valence-electron chi connectivity index (χ3n) is 5.30. The van der Waals surface area contributed by atoms with Crippen molar-refractivity contribution >= 4 is 34.8 Å². The van der Waals surface area contributed by atoms with Crippen molar-refractivity contribution in [2.45, 2.75) is 38.1 Å².